The monoisotopic (exact) mass is 672 g/mol. The Bertz CT molecular complexity index is 2250. The van der Waals surface area contributed by atoms with Crippen LogP contribution in [0.4, 0.5) is 34.1 Å². The lowest BCUT2D eigenvalue weighted by Gasteiger charge is -2.26. The van der Waals surface area contributed by atoms with Crippen LogP contribution in [-0.2, 0) is 0 Å². The fourth-order valence-corrected chi connectivity index (χ4v) is 6.34. The molecule has 2 heteroatoms. The first-order valence-corrected chi connectivity index (χ1v) is 17.9. The van der Waals surface area contributed by atoms with Gasteiger partial charge in [0.15, 0.2) is 0 Å². The molecule has 7 aromatic rings. The fraction of sp³-hybridized carbons (Fsp3) is 0.0800. The summed E-state index contributed by atoms with van der Waals surface area (Å²) < 4.78 is 0. The third-order valence-corrected chi connectivity index (χ3v) is 9.50. The molecule has 0 radical (unpaired) electrons. The van der Waals surface area contributed by atoms with E-state index in [9.17, 15) is 0 Å². The number of nitrogens with zero attached hydrogens (tertiary/aromatic N) is 2. The van der Waals surface area contributed by atoms with Crippen LogP contribution in [0.15, 0.2) is 170 Å². The van der Waals surface area contributed by atoms with Crippen molar-refractivity contribution in [2.45, 2.75) is 27.7 Å². The van der Waals surface area contributed by atoms with Crippen molar-refractivity contribution in [3.05, 3.63) is 214 Å². The van der Waals surface area contributed by atoms with Crippen LogP contribution < -0.4 is 9.80 Å². The van der Waals surface area contributed by atoms with Crippen molar-refractivity contribution in [2.75, 3.05) is 9.80 Å². The Kier molecular flexibility index (Phi) is 10.3. The summed E-state index contributed by atoms with van der Waals surface area (Å²) in [6, 6.07) is 60.8. The Morgan fingerprint density at radius 3 is 1.13 bits per heavy atom. The summed E-state index contributed by atoms with van der Waals surface area (Å²) in [5.74, 6) is 0. The van der Waals surface area contributed by atoms with Crippen molar-refractivity contribution in [3.63, 3.8) is 0 Å². The molecule has 254 valence electrons. The number of para-hydroxylation sites is 1. The number of hydrogen-bond donors (Lipinski definition) is 0. The van der Waals surface area contributed by atoms with E-state index in [1.165, 1.54) is 22.3 Å². The van der Waals surface area contributed by atoms with Crippen molar-refractivity contribution < 1.29 is 0 Å². The van der Waals surface area contributed by atoms with Gasteiger partial charge in [0.25, 0.3) is 0 Å². The quantitative estimate of drug-likeness (QED) is 0.133. The second kappa shape index (κ2) is 15.7. The Balaban J connectivity index is 1.06. The third kappa shape index (κ3) is 8.15. The molecule has 0 fully saturated rings. The number of benzene rings is 7. The minimum Gasteiger partial charge on any atom is -0.311 e. The van der Waals surface area contributed by atoms with E-state index in [0.29, 0.717) is 0 Å². The molecule has 0 amide bonds. The van der Waals surface area contributed by atoms with E-state index in [4.69, 9.17) is 0 Å². The molecule has 0 aliphatic rings. The van der Waals surface area contributed by atoms with E-state index >= 15 is 0 Å². The van der Waals surface area contributed by atoms with Crippen LogP contribution in [0.5, 0.6) is 0 Å². The van der Waals surface area contributed by atoms with Gasteiger partial charge in [0.2, 0.25) is 0 Å². The molecule has 0 atom stereocenters. The van der Waals surface area contributed by atoms with Gasteiger partial charge in [-0.25, -0.2) is 0 Å². The van der Waals surface area contributed by atoms with E-state index in [2.05, 4.69) is 232 Å². The molecular weight excluding hydrogens is 629 g/mol. The minimum absolute atomic E-state index is 1.13. The van der Waals surface area contributed by atoms with Crippen molar-refractivity contribution in [2.24, 2.45) is 0 Å². The van der Waals surface area contributed by atoms with Gasteiger partial charge >= 0.3 is 0 Å². The number of hydrogen-bond acceptors (Lipinski definition) is 2. The molecule has 0 unspecified atom stereocenters. The summed E-state index contributed by atoms with van der Waals surface area (Å²) in [7, 11) is 0. The second-order valence-electron chi connectivity index (χ2n) is 13.5. The van der Waals surface area contributed by atoms with E-state index in [1.807, 2.05) is 0 Å². The molecule has 0 aliphatic carbocycles. The predicted octanol–water partition coefficient (Wildman–Crippen LogP) is 14.2. The summed E-state index contributed by atoms with van der Waals surface area (Å²) in [5, 5.41) is 0. The summed E-state index contributed by atoms with van der Waals surface area (Å²) in [6.07, 6.45) is 8.73. The van der Waals surface area contributed by atoms with Crippen LogP contribution in [0.25, 0.3) is 24.3 Å². The molecule has 7 aromatic carbocycles. The van der Waals surface area contributed by atoms with E-state index in [0.717, 1.165) is 56.4 Å². The van der Waals surface area contributed by atoms with E-state index in [-0.39, 0.29) is 0 Å². The number of rotatable bonds is 10. The van der Waals surface area contributed by atoms with Gasteiger partial charge in [-0.1, -0.05) is 126 Å². The number of anilines is 6. The highest BCUT2D eigenvalue weighted by atomic mass is 15.1. The maximum atomic E-state index is 2.31. The normalized spacial score (nSPS) is 11.3. The Labute approximate surface area is 309 Å². The lowest BCUT2D eigenvalue weighted by Crippen LogP contribution is -2.10. The highest BCUT2D eigenvalue weighted by Gasteiger charge is 2.14. The first-order chi connectivity index (χ1) is 25.4. The maximum absolute atomic E-state index is 2.31. The average Bonchev–Trinajstić information content (AvgIpc) is 3.18. The Hall–Kier alpha value is -6.38. The van der Waals surface area contributed by atoms with Crippen LogP contribution >= 0.6 is 0 Å². The SMILES string of the molecule is Cc1ccc(N(c2ccc(C)cc2)c2ccc(/C=C/c3cccc(/C=C/c4ccc(N(c5ccccc5)c5ccc(C)c(C)c5)cc4)c3)cc2)cc1. The predicted molar refractivity (Wildman–Crippen MR) is 225 cm³/mol. The molecule has 0 bridgehead atoms. The van der Waals surface area contributed by atoms with Crippen LogP contribution in [0.1, 0.15) is 44.5 Å². The number of aryl methyl sites for hydroxylation is 4. The molecule has 7 rings (SSSR count). The summed E-state index contributed by atoms with van der Waals surface area (Å²) >= 11 is 0. The molecule has 0 N–H and O–H groups in total. The van der Waals surface area contributed by atoms with Gasteiger partial charge in [0, 0.05) is 34.1 Å². The zero-order valence-electron chi connectivity index (χ0n) is 30.4. The van der Waals surface area contributed by atoms with Crippen molar-refractivity contribution in [3.8, 4) is 0 Å². The topological polar surface area (TPSA) is 6.48 Å². The fourth-order valence-electron chi connectivity index (χ4n) is 6.34. The minimum atomic E-state index is 1.13. The molecule has 0 saturated heterocycles. The molecule has 0 aromatic heterocycles. The first kappa shape index (κ1) is 34.1. The highest BCUT2D eigenvalue weighted by Crippen LogP contribution is 2.36. The van der Waals surface area contributed by atoms with Gasteiger partial charge in [-0.15, -0.1) is 0 Å². The standard InChI is InChI=1S/C50H44N2/c1-37-13-26-46(27-14-37)51(47-28-15-38(2)16-29-47)48-31-22-41(23-32-48)18-20-43-9-8-10-44(36-43)21-19-42-24-33-49(34-25-42)52(45-11-6-5-7-12-45)50-30-17-39(3)40(4)35-50/h5-36H,1-4H3/b20-18+,21-19+. The smallest absolute Gasteiger partial charge is 0.0464 e. The second-order valence-corrected chi connectivity index (χ2v) is 13.5. The summed E-state index contributed by atoms with van der Waals surface area (Å²) in [6.45, 7) is 8.58. The molecule has 0 aliphatic heterocycles. The van der Waals surface area contributed by atoms with Crippen LogP contribution in [-0.4, -0.2) is 0 Å². The molecule has 52 heavy (non-hydrogen) atoms. The highest BCUT2D eigenvalue weighted by molar-refractivity contribution is 5.80. The van der Waals surface area contributed by atoms with Crippen molar-refractivity contribution in [1.29, 1.82) is 0 Å². The summed E-state index contributed by atoms with van der Waals surface area (Å²) in [5.41, 5.74) is 16.6. The lowest BCUT2D eigenvalue weighted by molar-refractivity contribution is 1.25. The van der Waals surface area contributed by atoms with Gasteiger partial charge in [-0.05, 0) is 140 Å². The largest absolute Gasteiger partial charge is 0.311 e. The van der Waals surface area contributed by atoms with Crippen LogP contribution in [0.3, 0.4) is 0 Å². The van der Waals surface area contributed by atoms with Gasteiger partial charge in [-0.2, -0.15) is 0 Å². The molecule has 2 nitrogen and oxygen atoms in total. The Morgan fingerprint density at radius 2 is 0.673 bits per heavy atom. The lowest BCUT2D eigenvalue weighted by atomic mass is 10.1. The maximum Gasteiger partial charge on any atom is 0.0464 e. The van der Waals surface area contributed by atoms with Gasteiger partial charge < -0.3 is 9.80 Å². The van der Waals surface area contributed by atoms with Gasteiger partial charge in [0.05, 0.1) is 0 Å². The van der Waals surface area contributed by atoms with Gasteiger partial charge in [0.1, 0.15) is 0 Å². The molecular formula is C50H44N2. The van der Waals surface area contributed by atoms with E-state index in [1.54, 1.807) is 0 Å². The van der Waals surface area contributed by atoms with Crippen molar-refractivity contribution >= 4 is 58.4 Å². The van der Waals surface area contributed by atoms with Gasteiger partial charge in [-0.3, -0.25) is 0 Å². The molecule has 0 saturated carbocycles. The van der Waals surface area contributed by atoms with Crippen molar-refractivity contribution in [1.82, 2.24) is 0 Å². The van der Waals surface area contributed by atoms with Crippen LogP contribution in [0, 0.1) is 27.7 Å². The van der Waals surface area contributed by atoms with E-state index < -0.39 is 0 Å². The first-order valence-electron chi connectivity index (χ1n) is 17.9. The molecule has 0 heterocycles. The molecule has 0 spiro atoms. The zero-order chi connectivity index (χ0) is 35.9. The Morgan fingerprint density at radius 1 is 0.288 bits per heavy atom. The average molecular weight is 673 g/mol. The zero-order valence-corrected chi connectivity index (χ0v) is 30.4. The summed E-state index contributed by atoms with van der Waals surface area (Å²) in [4.78, 5) is 4.62. The van der Waals surface area contributed by atoms with Crippen LogP contribution in [0.2, 0.25) is 0 Å². The third-order valence-electron chi connectivity index (χ3n) is 9.50.